The molecule has 0 spiro atoms. The summed E-state index contributed by atoms with van der Waals surface area (Å²) >= 11 is 0. The number of alkyl halides is 6. The van der Waals surface area contributed by atoms with Crippen LogP contribution in [-0.4, -0.2) is 41.8 Å². The van der Waals surface area contributed by atoms with E-state index in [0.717, 1.165) is 18.3 Å². The summed E-state index contributed by atoms with van der Waals surface area (Å²) in [6.07, 6.45) is -8.75. The van der Waals surface area contributed by atoms with Crippen molar-refractivity contribution in [2.45, 2.75) is 43.1 Å². The zero-order chi connectivity index (χ0) is 31.2. The number of amides is 1. The molecule has 1 aliphatic rings. The number of fused-ring (bicyclic) bond motifs is 1. The number of nitrogens with zero attached hydrogens (tertiary/aromatic N) is 3. The van der Waals surface area contributed by atoms with Gasteiger partial charge in [-0.25, -0.2) is 27.4 Å². The summed E-state index contributed by atoms with van der Waals surface area (Å²) in [5.41, 5.74) is -3.57. The molecule has 1 aliphatic carbocycles. The second kappa shape index (κ2) is 11.0. The molecule has 1 fully saturated rings. The van der Waals surface area contributed by atoms with Gasteiger partial charge in [0, 0.05) is 17.3 Å². The summed E-state index contributed by atoms with van der Waals surface area (Å²) in [5, 5.41) is 5.92. The molecule has 2 N–H and O–H groups in total. The summed E-state index contributed by atoms with van der Waals surface area (Å²) < 4.78 is 120. The van der Waals surface area contributed by atoms with Crippen molar-refractivity contribution < 1.29 is 49.0 Å². The molecule has 43 heavy (non-hydrogen) atoms. The summed E-state index contributed by atoms with van der Waals surface area (Å²) in [6.45, 7) is 1.30. The Hall–Kier alpha value is -4.38. The van der Waals surface area contributed by atoms with Gasteiger partial charge in [0.2, 0.25) is 10.0 Å². The molecule has 4 aromatic rings. The first-order valence-corrected chi connectivity index (χ1v) is 14.1. The Labute approximate surface area is 239 Å². The smallest absolute Gasteiger partial charge is 0.433 e. The first-order valence-electron chi connectivity index (χ1n) is 12.6. The average molecular weight is 630 g/mol. The number of hydrogen-bond acceptors (Lipinski definition) is 7. The number of benzene rings is 2. The molecule has 0 atom stereocenters. The van der Waals surface area contributed by atoms with E-state index in [1.165, 1.54) is 31.2 Å². The Morgan fingerprint density at radius 3 is 2.42 bits per heavy atom. The maximum atomic E-state index is 14.0. The predicted molar refractivity (Wildman–Crippen MR) is 139 cm³/mol. The Bertz CT molecular complexity index is 1800. The second-order valence-corrected chi connectivity index (χ2v) is 11.1. The largest absolute Gasteiger partial charge is 0.493 e. The molecule has 0 saturated heterocycles. The highest BCUT2D eigenvalue weighted by Gasteiger charge is 2.37. The molecule has 0 unspecified atom stereocenters. The molecule has 0 aliphatic heterocycles. The van der Waals surface area contributed by atoms with Crippen molar-refractivity contribution in [3.63, 3.8) is 0 Å². The number of carbonyl (C=O) groups is 1. The van der Waals surface area contributed by atoms with Gasteiger partial charge in [0.05, 0.1) is 29.0 Å². The average Bonchev–Trinajstić information content (AvgIpc) is 3.64. The van der Waals surface area contributed by atoms with Crippen LogP contribution in [0.5, 0.6) is 11.5 Å². The summed E-state index contributed by atoms with van der Waals surface area (Å²) in [6, 6.07) is 8.16. The van der Waals surface area contributed by atoms with Gasteiger partial charge in [-0.3, -0.25) is 5.32 Å². The summed E-state index contributed by atoms with van der Waals surface area (Å²) in [4.78, 5) is 16.6. The van der Waals surface area contributed by atoms with Crippen LogP contribution in [0.4, 0.5) is 36.8 Å². The highest BCUT2D eigenvalue weighted by Crippen LogP contribution is 2.40. The topological polar surface area (TPSA) is 124 Å². The molecule has 2 heterocycles. The first-order chi connectivity index (χ1) is 20.2. The van der Waals surface area contributed by atoms with Gasteiger partial charge in [-0.2, -0.15) is 31.4 Å². The number of ether oxygens (including phenoxy) is 2. The fourth-order valence-electron chi connectivity index (χ4n) is 4.03. The van der Waals surface area contributed by atoms with E-state index in [9.17, 15) is 39.6 Å². The maximum absolute atomic E-state index is 14.0. The van der Waals surface area contributed by atoms with Gasteiger partial charge in [-0.15, -0.1) is 0 Å². The van der Waals surface area contributed by atoms with Crippen molar-refractivity contribution in [2.75, 3.05) is 11.9 Å². The number of halogens is 6. The third-order valence-electron chi connectivity index (χ3n) is 6.11. The minimum Gasteiger partial charge on any atom is -0.493 e. The Morgan fingerprint density at radius 1 is 1.02 bits per heavy atom. The molecule has 17 heteroatoms. The van der Waals surface area contributed by atoms with Crippen LogP contribution in [0.25, 0.3) is 16.9 Å². The highest BCUT2D eigenvalue weighted by atomic mass is 32.2. The fraction of sp³-hybridized carbons (Fsp3) is 0.269. The minimum absolute atomic E-state index is 0.0120. The van der Waals surface area contributed by atoms with Gasteiger partial charge in [-0.05, 0) is 56.2 Å². The Balaban J connectivity index is 1.47. The van der Waals surface area contributed by atoms with E-state index in [0.29, 0.717) is 29.5 Å². The van der Waals surface area contributed by atoms with Crippen molar-refractivity contribution in [3.05, 3.63) is 66.0 Å². The quantitative estimate of drug-likeness (QED) is 0.233. The van der Waals surface area contributed by atoms with E-state index in [1.54, 1.807) is 0 Å². The van der Waals surface area contributed by atoms with E-state index < -0.39 is 62.6 Å². The number of sulfonamides is 1. The van der Waals surface area contributed by atoms with Gasteiger partial charge in [0.1, 0.15) is 5.75 Å². The van der Waals surface area contributed by atoms with Crippen LogP contribution < -0.4 is 19.5 Å². The van der Waals surface area contributed by atoms with Gasteiger partial charge in [0.15, 0.2) is 17.1 Å². The standard InChI is InChI=1S/C26H21F6N5O5S/c1-2-41-20-10-14(6-9-18(20)25(27,28)29)19-12-22(26(30,31)32)37-23(35-19)21(13-33-37)42-24(38)34-16-4-3-5-17(11-16)43(39,40)36-15-7-8-15/h3-6,9-13,15,36H,2,7-8H2,1H3,(H,34,38). The zero-order valence-electron chi connectivity index (χ0n) is 22.0. The SMILES string of the molecule is CCOc1cc(-c2cc(C(F)(F)F)n3ncc(OC(=O)Nc4cccc(S(=O)(=O)NC5CC5)c4)c3n2)ccc1C(F)(F)F. The number of anilines is 1. The first kappa shape index (κ1) is 30.1. The molecule has 0 bridgehead atoms. The van der Waals surface area contributed by atoms with Gasteiger partial charge in [0.25, 0.3) is 0 Å². The third kappa shape index (κ3) is 6.67. The molecule has 2 aromatic heterocycles. The number of aromatic nitrogens is 3. The van der Waals surface area contributed by atoms with E-state index in [1.807, 2.05) is 0 Å². The van der Waals surface area contributed by atoms with Crippen LogP contribution in [0.2, 0.25) is 0 Å². The van der Waals surface area contributed by atoms with Gasteiger partial charge in [-0.1, -0.05) is 12.1 Å². The van der Waals surface area contributed by atoms with Crippen LogP contribution in [0.1, 0.15) is 31.0 Å². The van der Waals surface area contributed by atoms with Gasteiger partial charge >= 0.3 is 18.4 Å². The molecular formula is C26H21F6N5O5S. The number of nitrogens with one attached hydrogen (secondary N) is 2. The second-order valence-electron chi connectivity index (χ2n) is 9.35. The van der Waals surface area contributed by atoms with Gasteiger partial charge < -0.3 is 9.47 Å². The lowest BCUT2D eigenvalue weighted by Crippen LogP contribution is -2.26. The van der Waals surface area contributed by atoms with Crippen molar-refractivity contribution in [1.29, 1.82) is 0 Å². The maximum Gasteiger partial charge on any atom is 0.433 e. The molecular weight excluding hydrogens is 608 g/mol. The van der Waals surface area contributed by atoms with Crippen LogP contribution in [0, 0.1) is 0 Å². The molecule has 1 amide bonds. The molecule has 1 saturated carbocycles. The monoisotopic (exact) mass is 629 g/mol. The molecule has 228 valence electrons. The van der Waals surface area contributed by atoms with E-state index >= 15 is 0 Å². The lowest BCUT2D eigenvalue weighted by molar-refractivity contribution is -0.142. The highest BCUT2D eigenvalue weighted by molar-refractivity contribution is 7.89. The Morgan fingerprint density at radius 2 is 1.77 bits per heavy atom. The van der Waals surface area contributed by atoms with E-state index in [-0.39, 0.29) is 28.8 Å². The van der Waals surface area contributed by atoms with Crippen LogP contribution in [0.15, 0.2) is 59.6 Å². The van der Waals surface area contributed by atoms with Crippen molar-refractivity contribution >= 4 is 27.5 Å². The van der Waals surface area contributed by atoms with E-state index in [2.05, 4.69) is 20.1 Å². The summed E-state index contributed by atoms with van der Waals surface area (Å²) in [7, 11) is -3.85. The molecule has 10 nitrogen and oxygen atoms in total. The van der Waals surface area contributed by atoms with Crippen LogP contribution in [-0.2, 0) is 22.4 Å². The third-order valence-corrected chi connectivity index (χ3v) is 7.62. The predicted octanol–water partition coefficient (Wildman–Crippen LogP) is 5.88. The Kier molecular flexibility index (Phi) is 7.72. The molecule has 2 aromatic carbocycles. The van der Waals surface area contributed by atoms with E-state index in [4.69, 9.17) is 9.47 Å². The van der Waals surface area contributed by atoms with Crippen LogP contribution >= 0.6 is 0 Å². The number of hydrogen-bond donors (Lipinski definition) is 2. The molecule has 0 radical (unpaired) electrons. The lowest BCUT2D eigenvalue weighted by atomic mass is 10.1. The normalized spacial score (nSPS) is 14.1. The van der Waals surface area contributed by atoms with Crippen molar-refractivity contribution in [1.82, 2.24) is 19.3 Å². The zero-order valence-corrected chi connectivity index (χ0v) is 22.8. The molecule has 5 rings (SSSR count). The summed E-state index contributed by atoms with van der Waals surface area (Å²) in [5.74, 6) is -1.12. The van der Waals surface area contributed by atoms with Crippen molar-refractivity contribution in [3.8, 4) is 22.8 Å². The van der Waals surface area contributed by atoms with Crippen LogP contribution in [0.3, 0.4) is 0 Å². The number of rotatable bonds is 8. The minimum atomic E-state index is -4.99. The van der Waals surface area contributed by atoms with Crippen molar-refractivity contribution in [2.24, 2.45) is 0 Å². The lowest BCUT2D eigenvalue weighted by Gasteiger charge is -2.15. The number of carbonyl (C=O) groups excluding carboxylic acids is 1. The fourth-order valence-corrected chi connectivity index (χ4v) is 5.38.